The topological polar surface area (TPSA) is 92.5 Å². The Bertz CT molecular complexity index is 501. The first kappa shape index (κ1) is 14.9. The van der Waals surface area contributed by atoms with E-state index in [1.807, 2.05) is 6.92 Å². The highest BCUT2D eigenvalue weighted by molar-refractivity contribution is 5.83. The van der Waals surface area contributed by atoms with Crippen molar-refractivity contribution in [2.45, 2.75) is 39.2 Å². The maximum atomic E-state index is 11.3. The second-order valence-electron chi connectivity index (χ2n) is 4.74. The van der Waals surface area contributed by atoms with Gasteiger partial charge in [-0.1, -0.05) is 25.5 Å². The monoisotopic (exact) mass is 266 g/mol. The average Bonchev–Trinajstić information content (AvgIpc) is 2.28. The van der Waals surface area contributed by atoms with Crippen molar-refractivity contribution in [3.63, 3.8) is 0 Å². The number of hydrogen-bond acceptors (Lipinski definition) is 4. The number of benzene rings is 1. The quantitative estimate of drug-likeness (QED) is 0.610. The number of carbonyl (C=O) groups is 1. The number of aryl methyl sites for hydroxylation is 1. The number of para-hydroxylation sites is 1. The van der Waals surface area contributed by atoms with Crippen LogP contribution in [0.4, 0.5) is 11.4 Å². The van der Waals surface area contributed by atoms with Gasteiger partial charge in [-0.25, -0.2) is 4.79 Å². The smallest absolute Gasteiger partial charge is 0.329 e. The van der Waals surface area contributed by atoms with Gasteiger partial charge in [-0.05, 0) is 26.3 Å². The highest BCUT2D eigenvalue weighted by Gasteiger charge is 2.34. The van der Waals surface area contributed by atoms with E-state index in [4.69, 9.17) is 0 Å². The minimum absolute atomic E-state index is 0.0777. The molecule has 0 bridgehead atoms. The van der Waals surface area contributed by atoms with Gasteiger partial charge in [0.25, 0.3) is 5.69 Å². The van der Waals surface area contributed by atoms with Gasteiger partial charge in [0.05, 0.1) is 4.92 Å². The predicted octanol–water partition coefficient (Wildman–Crippen LogP) is 2.96. The van der Waals surface area contributed by atoms with Crippen molar-refractivity contribution < 1.29 is 14.8 Å². The second-order valence-corrected chi connectivity index (χ2v) is 4.74. The van der Waals surface area contributed by atoms with Crippen LogP contribution in [0.15, 0.2) is 18.2 Å². The molecule has 6 nitrogen and oxygen atoms in total. The van der Waals surface area contributed by atoms with Gasteiger partial charge in [-0.2, -0.15) is 0 Å². The van der Waals surface area contributed by atoms with Crippen LogP contribution in [0.3, 0.4) is 0 Å². The third kappa shape index (κ3) is 3.21. The molecule has 1 atom stereocenters. The van der Waals surface area contributed by atoms with Gasteiger partial charge in [0.2, 0.25) is 0 Å². The molecule has 0 aromatic heterocycles. The Kier molecular flexibility index (Phi) is 4.47. The molecule has 1 aromatic rings. The molecule has 1 unspecified atom stereocenters. The lowest BCUT2D eigenvalue weighted by molar-refractivity contribution is -0.384. The molecule has 0 heterocycles. The van der Waals surface area contributed by atoms with Crippen molar-refractivity contribution in [1.82, 2.24) is 0 Å². The Balaban J connectivity index is 3.21. The summed E-state index contributed by atoms with van der Waals surface area (Å²) < 4.78 is 0. The third-order valence-electron chi connectivity index (χ3n) is 3.05. The van der Waals surface area contributed by atoms with Gasteiger partial charge >= 0.3 is 5.97 Å². The van der Waals surface area contributed by atoms with E-state index in [1.54, 1.807) is 19.1 Å². The van der Waals surface area contributed by atoms with Crippen LogP contribution in [0.2, 0.25) is 0 Å². The van der Waals surface area contributed by atoms with Crippen molar-refractivity contribution in [2.75, 3.05) is 5.32 Å². The van der Waals surface area contributed by atoms with Crippen molar-refractivity contribution in [3.8, 4) is 0 Å². The molecule has 0 aliphatic carbocycles. The molecule has 1 rings (SSSR count). The molecule has 0 aliphatic heterocycles. The minimum atomic E-state index is -1.21. The van der Waals surface area contributed by atoms with E-state index in [-0.39, 0.29) is 11.4 Å². The van der Waals surface area contributed by atoms with E-state index in [0.717, 1.165) is 0 Å². The van der Waals surface area contributed by atoms with Crippen LogP contribution in [0, 0.1) is 17.0 Å². The normalized spacial score (nSPS) is 13.6. The lowest BCUT2D eigenvalue weighted by atomic mass is 9.95. The first-order chi connectivity index (χ1) is 8.81. The van der Waals surface area contributed by atoms with Crippen molar-refractivity contribution >= 4 is 17.3 Å². The number of hydrogen-bond donors (Lipinski definition) is 2. The van der Waals surface area contributed by atoms with E-state index in [1.165, 1.54) is 13.0 Å². The van der Waals surface area contributed by atoms with Crippen LogP contribution < -0.4 is 5.32 Å². The number of nitro groups is 1. The van der Waals surface area contributed by atoms with Crippen LogP contribution >= 0.6 is 0 Å². The first-order valence-corrected chi connectivity index (χ1v) is 6.07. The van der Waals surface area contributed by atoms with Gasteiger partial charge in [-0.3, -0.25) is 10.1 Å². The van der Waals surface area contributed by atoms with E-state index >= 15 is 0 Å². The highest BCUT2D eigenvalue weighted by atomic mass is 16.6. The Morgan fingerprint density at radius 3 is 2.63 bits per heavy atom. The van der Waals surface area contributed by atoms with Crippen molar-refractivity contribution in [2.24, 2.45) is 0 Å². The fraction of sp³-hybridized carbons (Fsp3) is 0.462. The molecule has 0 amide bonds. The SMILES string of the molecule is CCCC(C)(Nc1cccc(C)c1[N+](=O)[O-])C(=O)O. The molecular formula is C13H18N2O4. The maximum absolute atomic E-state index is 11.3. The summed E-state index contributed by atoms with van der Waals surface area (Å²) in [7, 11) is 0. The van der Waals surface area contributed by atoms with E-state index < -0.39 is 16.4 Å². The van der Waals surface area contributed by atoms with Crippen molar-refractivity contribution in [3.05, 3.63) is 33.9 Å². The summed E-state index contributed by atoms with van der Waals surface area (Å²) in [6.07, 6.45) is 1.04. The summed E-state index contributed by atoms with van der Waals surface area (Å²) in [5.74, 6) is -1.02. The predicted molar refractivity (Wildman–Crippen MR) is 72.4 cm³/mol. The lowest BCUT2D eigenvalue weighted by Gasteiger charge is -2.27. The first-order valence-electron chi connectivity index (χ1n) is 6.07. The summed E-state index contributed by atoms with van der Waals surface area (Å²) in [5.41, 5.74) is -0.554. The molecule has 0 saturated carbocycles. The summed E-state index contributed by atoms with van der Waals surface area (Å²) >= 11 is 0. The molecule has 0 radical (unpaired) electrons. The van der Waals surface area contributed by atoms with Crippen molar-refractivity contribution in [1.29, 1.82) is 0 Å². The summed E-state index contributed by atoms with van der Waals surface area (Å²) in [4.78, 5) is 21.9. The zero-order valence-corrected chi connectivity index (χ0v) is 11.3. The molecule has 0 fully saturated rings. The summed E-state index contributed by atoms with van der Waals surface area (Å²) in [6, 6.07) is 4.82. The fourth-order valence-corrected chi connectivity index (χ4v) is 2.02. The number of carboxylic acid groups (broad SMARTS) is 1. The largest absolute Gasteiger partial charge is 0.480 e. The van der Waals surface area contributed by atoms with Crippen LogP contribution in [-0.4, -0.2) is 21.5 Å². The lowest BCUT2D eigenvalue weighted by Crippen LogP contribution is -2.43. The number of carboxylic acids is 1. The molecular weight excluding hydrogens is 248 g/mol. The summed E-state index contributed by atoms with van der Waals surface area (Å²) in [5, 5.41) is 23.2. The molecule has 6 heteroatoms. The number of nitrogens with one attached hydrogen (secondary N) is 1. The van der Waals surface area contributed by atoms with Gasteiger partial charge < -0.3 is 10.4 Å². The zero-order chi connectivity index (χ0) is 14.6. The van der Waals surface area contributed by atoms with Gasteiger partial charge in [-0.15, -0.1) is 0 Å². The number of anilines is 1. The Hall–Kier alpha value is -2.11. The average molecular weight is 266 g/mol. The molecule has 0 saturated heterocycles. The molecule has 2 N–H and O–H groups in total. The Labute approximate surface area is 111 Å². The molecule has 104 valence electrons. The number of nitrogens with zero attached hydrogens (tertiary/aromatic N) is 1. The highest BCUT2D eigenvalue weighted by Crippen LogP contribution is 2.31. The van der Waals surface area contributed by atoms with Crippen LogP contribution in [0.1, 0.15) is 32.3 Å². The van der Waals surface area contributed by atoms with Gasteiger partial charge in [0, 0.05) is 5.56 Å². The number of aliphatic carboxylic acids is 1. The molecule has 1 aromatic carbocycles. The fourth-order valence-electron chi connectivity index (χ4n) is 2.02. The maximum Gasteiger partial charge on any atom is 0.329 e. The Morgan fingerprint density at radius 2 is 2.16 bits per heavy atom. The van der Waals surface area contributed by atoms with E-state index in [2.05, 4.69) is 5.32 Å². The van der Waals surface area contributed by atoms with E-state index in [9.17, 15) is 20.0 Å². The second kappa shape index (κ2) is 5.69. The number of nitro benzene ring substituents is 1. The minimum Gasteiger partial charge on any atom is -0.480 e. The molecule has 0 aliphatic rings. The summed E-state index contributed by atoms with van der Waals surface area (Å²) in [6.45, 7) is 5.03. The molecule has 0 spiro atoms. The third-order valence-corrected chi connectivity index (χ3v) is 3.05. The molecule has 19 heavy (non-hydrogen) atoms. The van der Waals surface area contributed by atoms with E-state index in [0.29, 0.717) is 18.4 Å². The van der Waals surface area contributed by atoms with Crippen LogP contribution in [0.25, 0.3) is 0 Å². The van der Waals surface area contributed by atoms with Gasteiger partial charge in [0.15, 0.2) is 0 Å². The van der Waals surface area contributed by atoms with Crippen LogP contribution in [-0.2, 0) is 4.79 Å². The zero-order valence-electron chi connectivity index (χ0n) is 11.3. The Morgan fingerprint density at radius 1 is 1.53 bits per heavy atom. The van der Waals surface area contributed by atoms with Gasteiger partial charge in [0.1, 0.15) is 11.2 Å². The van der Waals surface area contributed by atoms with Crippen LogP contribution in [0.5, 0.6) is 0 Å². The number of rotatable bonds is 6. The standard InChI is InChI=1S/C13H18N2O4/c1-4-8-13(3,12(16)17)14-10-7-5-6-9(2)11(10)15(18)19/h5-7,14H,4,8H2,1-3H3,(H,16,17).